The summed E-state index contributed by atoms with van der Waals surface area (Å²) in [5.74, 6) is -1.46. The molecule has 0 amide bonds. The van der Waals surface area contributed by atoms with Crippen molar-refractivity contribution < 1.29 is 13.2 Å². The van der Waals surface area contributed by atoms with Crippen LogP contribution in [0.15, 0.2) is 22.2 Å². The van der Waals surface area contributed by atoms with Crippen molar-refractivity contribution in [1.82, 2.24) is 19.7 Å². The van der Waals surface area contributed by atoms with Crippen molar-refractivity contribution in [3.05, 3.63) is 23.7 Å². The van der Waals surface area contributed by atoms with Gasteiger partial charge in [0.2, 0.25) is 5.82 Å². The summed E-state index contributed by atoms with van der Waals surface area (Å²) in [5, 5.41) is 4.90. The van der Waals surface area contributed by atoms with Crippen molar-refractivity contribution in [2.45, 2.75) is 23.2 Å². The molecule has 2 rings (SSSR count). The molecule has 2 aromatic rings. The molecule has 0 unspecified atom stereocenters. The third-order valence-corrected chi connectivity index (χ3v) is 3.15. The molecule has 2 N–H and O–H groups in total. The minimum Gasteiger partial charge on any atom is -0.384 e. The molecule has 9 heteroatoms. The number of aromatic nitrogens is 4. The molecule has 19 heavy (non-hydrogen) atoms. The third-order valence-electron chi connectivity index (χ3n) is 2.14. The fraction of sp³-hybridized carbons (Fsp3) is 0.300. The highest BCUT2D eigenvalue weighted by Gasteiger charge is 2.35. The first-order valence-electron chi connectivity index (χ1n) is 5.16. The van der Waals surface area contributed by atoms with E-state index in [2.05, 4.69) is 15.1 Å². The van der Waals surface area contributed by atoms with Gasteiger partial charge in [-0.2, -0.15) is 18.3 Å². The molecule has 2 heterocycles. The Morgan fingerprint density at radius 2 is 1.95 bits per heavy atom. The number of rotatable bonds is 2. The van der Waals surface area contributed by atoms with E-state index in [1.165, 1.54) is 6.07 Å². The number of alkyl halides is 3. The van der Waals surface area contributed by atoms with Crippen LogP contribution >= 0.6 is 11.8 Å². The maximum absolute atomic E-state index is 12.6. The van der Waals surface area contributed by atoms with Gasteiger partial charge >= 0.3 is 6.18 Å². The van der Waals surface area contributed by atoms with Crippen LogP contribution in [-0.2, 0) is 13.2 Å². The Kier molecular flexibility index (Phi) is 3.40. The summed E-state index contributed by atoms with van der Waals surface area (Å²) in [6.45, 7) is 1.79. The number of hydrogen-bond donors (Lipinski definition) is 1. The lowest BCUT2D eigenvalue weighted by Gasteiger charge is -2.07. The van der Waals surface area contributed by atoms with E-state index in [-0.39, 0.29) is 10.8 Å². The number of anilines is 1. The fourth-order valence-electron chi connectivity index (χ4n) is 1.41. The van der Waals surface area contributed by atoms with Gasteiger partial charge in [0.15, 0.2) is 0 Å². The van der Waals surface area contributed by atoms with E-state index < -0.39 is 12.0 Å². The average Bonchev–Trinajstić information content (AvgIpc) is 2.55. The average molecular weight is 289 g/mol. The van der Waals surface area contributed by atoms with Crippen molar-refractivity contribution >= 4 is 17.6 Å². The first-order chi connectivity index (χ1) is 8.75. The summed E-state index contributed by atoms with van der Waals surface area (Å²) in [4.78, 5) is 6.64. The maximum Gasteiger partial charge on any atom is 0.451 e. The van der Waals surface area contributed by atoms with Gasteiger partial charge < -0.3 is 5.73 Å². The highest BCUT2D eigenvalue weighted by Crippen LogP contribution is 2.31. The molecule has 0 fully saturated rings. The predicted octanol–water partition coefficient (Wildman–Crippen LogP) is 2.27. The first kappa shape index (κ1) is 13.7. The second-order valence-electron chi connectivity index (χ2n) is 3.80. The molecular weight excluding hydrogens is 279 g/mol. The molecule has 0 aromatic carbocycles. The Labute approximate surface area is 111 Å². The third kappa shape index (κ3) is 3.16. The van der Waals surface area contributed by atoms with Gasteiger partial charge in [0, 0.05) is 13.1 Å². The van der Waals surface area contributed by atoms with Gasteiger partial charge in [-0.3, -0.25) is 4.68 Å². The van der Waals surface area contributed by atoms with Crippen molar-refractivity contribution in [1.29, 1.82) is 0 Å². The van der Waals surface area contributed by atoms with E-state index in [1.54, 1.807) is 24.7 Å². The standard InChI is InChI=1S/C10H10F3N5S/c1-5-3-8(18(2)17-5)19-7-4-6(14)15-9(16-7)10(11,12)13/h3-4H,1-2H3,(H2,14,15,16). The van der Waals surface area contributed by atoms with Crippen LogP contribution in [0.5, 0.6) is 0 Å². The van der Waals surface area contributed by atoms with Crippen molar-refractivity contribution in [2.75, 3.05) is 5.73 Å². The molecule has 2 aromatic heterocycles. The molecule has 0 saturated heterocycles. The summed E-state index contributed by atoms with van der Waals surface area (Å²) in [5.41, 5.74) is 6.13. The molecule has 0 bridgehead atoms. The van der Waals surface area contributed by atoms with Crippen LogP contribution in [0.25, 0.3) is 0 Å². The van der Waals surface area contributed by atoms with E-state index in [0.29, 0.717) is 5.03 Å². The van der Waals surface area contributed by atoms with Crippen LogP contribution < -0.4 is 5.73 Å². The van der Waals surface area contributed by atoms with Crippen molar-refractivity contribution in [2.24, 2.45) is 7.05 Å². The Morgan fingerprint density at radius 3 is 2.47 bits per heavy atom. The number of halogens is 3. The summed E-state index contributed by atoms with van der Waals surface area (Å²) < 4.78 is 39.2. The van der Waals surface area contributed by atoms with E-state index in [9.17, 15) is 13.2 Å². The lowest BCUT2D eigenvalue weighted by molar-refractivity contribution is -0.145. The van der Waals surface area contributed by atoms with Crippen LogP contribution in [0.3, 0.4) is 0 Å². The Hall–Kier alpha value is -1.77. The maximum atomic E-state index is 12.6. The van der Waals surface area contributed by atoms with Gasteiger partial charge in [0.1, 0.15) is 15.9 Å². The number of aryl methyl sites for hydroxylation is 2. The zero-order valence-electron chi connectivity index (χ0n) is 10.1. The zero-order valence-corrected chi connectivity index (χ0v) is 10.9. The van der Waals surface area contributed by atoms with Crippen LogP contribution in [0.2, 0.25) is 0 Å². The second kappa shape index (κ2) is 4.72. The monoisotopic (exact) mass is 289 g/mol. The van der Waals surface area contributed by atoms with Crippen molar-refractivity contribution in [3.8, 4) is 0 Å². The van der Waals surface area contributed by atoms with Crippen LogP contribution in [0.1, 0.15) is 11.5 Å². The molecule has 5 nitrogen and oxygen atoms in total. The van der Waals surface area contributed by atoms with Gasteiger partial charge in [-0.1, -0.05) is 11.8 Å². The predicted molar refractivity (Wildman–Crippen MR) is 63.5 cm³/mol. The van der Waals surface area contributed by atoms with Gasteiger partial charge in [-0.05, 0) is 13.0 Å². The number of nitrogens with zero attached hydrogens (tertiary/aromatic N) is 4. The van der Waals surface area contributed by atoms with Gasteiger partial charge in [0.25, 0.3) is 0 Å². The van der Waals surface area contributed by atoms with Crippen molar-refractivity contribution in [3.63, 3.8) is 0 Å². The molecule has 0 spiro atoms. The SMILES string of the molecule is Cc1cc(Sc2cc(N)nc(C(F)(F)F)n2)n(C)n1. The smallest absolute Gasteiger partial charge is 0.384 e. The molecule has 0 radical (unpaired) electrons. The second-order valence-corrected chi connectivity index (χ2v) is 4.84. The summed E-state index contributed by atoms with van der Waals surface area (Å²) in [7, 11) is 1.70. The van der Waals surface area contributed by atoms with Gasteiger partial charge in [0.05, 0.1) is 5.69 Å². The molecule has 102 valence electrons. The summed E-state index contributed by atoms with van der Waals surface area (Å²) in [6.07, 6.45) is -4.62. The van der Waals surface area contributed by atoms with E-state index in [1.807, 2.05) is 0 Å². The van der Waals surface area contributed by atoms with E-state index in [0.717, 1.165) is 17.5 Å². The Balaban J connectivity index is 2.35. The van der Waals surface area contributed by atoms with Crippen LogP contribution in [0, 0.1) is 6.92 Å². The highest BCUT2D eigenvalue weighted by molar-refractivity contribution is 7.99. The largest absolute Gasteiger partial charge is 0.451 e. The first-order valence-corrected chi connectivity index (χ1v) is 5.97. The van der Waals surface area contributed by atoms with Crippen LogP contribution in [0.4, 0.5) is 19.0 Å². The quantitative estimate of drug-likeness (QED) is 0.859. The normalized spacial score (nSPS) is 11.8. The minimum atomic E-state index is -4.62. The van der Waals surface area contributed by atoms with Gasteiger partial charge in [-0.25, -0.2) is 9.97 Å². The summed E-state index contributed by atoms with van der Waals surface area (Å²) >= 11 is 1.05. The Bertz CT molecular complexity index is 608. The zero-order chi connectivity index (χ0) is 14.2. The number of hydrogen-bond acceptors (Lipinski definition) is 5. The fourth-order valence-corrected chi connectivity index (χ4v) is 2.34. The molecule has 0 aliphatic heterocycles. The molecule has 0 atom stereocenters. The summed E-state index contributed by atoms with van der Waals surface area (Å²) in [6, 6.07) is 3.04. The lowest BCUT2D eigenvalue weighted by Crippen LogP contribution is -2.12. The number of nitrogen functional groups attached to an aromatic ring is 1. The molecular formula is C10H10F3N5S. The van der Waals surface area contributed by atoms with E-state index >= 15 is 0 Å². The Morgan fingerprint density at radius 1 is 1.26 bits per heavy atom. The van der Waals surface area contributed by atoms with Crippen LogP contribution in [-0.4, -0.2) is 19.7 Å². The highest BCUT2D eigenvalue weighted by atomic mass is 32.2. The topological polar surface area (TPSA) is 69.6 Å². The molecule has 0 aliphatic rings. The van der Waals surface area contributed by atoms with Gasteiger partial charge in [-0.15, -0.1) is 0 Å². The molecule has 0 saturated carbocycles. The number of nitrogens with two attached hydrogens (primary N) is 1. The lowest BCUT2D eigenvalue weighted by atomic mass is 10.5. The minimum absolute atomic E-state index is 0.128. The van der Waals surface area contributed by atoms with E-state index in [4.69, 9.17) is 5.73 Å². The molecule has 0 aliphatic carbocycles.